The SMILES string of the molecule is Cc1c(C(C)CN)cc2c(c1Br)OCO2. The lowest BCUT2D eigenvalue weighted by Crippen LogP contribution is -2.10. The molecule has 0 aromatic heterocycles. The third-order valence-electron chi connectivity index (χ3n) is 2.77. The minimum atomic E-state index is 0.299. The first kappa shape index (κ1) is 10.8. The van der Waals surface area contributed by atoms with Gasteiger partial charge in [-0.1, -0.05) is 6.92 Å². The molecule has 0 saturated heterocycles. The number of ether oxygens (including phenoxy) is 2. The summed E-state index contributed by atoms with van der Waals surface area (Å²) < 4.78 is 11.7. The number of rotatable bonds is 2. The molecule has 4 heteroatoms. The maximum absolute atomic E-state index is 5.68. The maximum atomic E-state index is 5.68. The predicted molar refractivity (Wildman–Crippen MR) is 62.5 cm³/mol. The molecule has 0 radical (unpaired) electrons. The van der Waals surface area contributed by atoms with Crippen LogP contribution in [0.4, 0.5) is 0 Å². The van der Waals surface area contributed by atoms with E-state index in [0.717, 1.165) is 16.0 Å². The van der Waals surface area contributed by atoms with Crippen LogP contribution in [0.15, 0.2) is 10.5 Å². The minimum absolute atomic E-state index is 0.299. The Labute approximate surface area is 97.7 Å². The van der Waals surface area contributed by atoms with Crippen molar-refractivity contribution in [2.24, 2.45) is 5.73 Å². The van der Waals surface area contributed by atoms with Crippen LogP contribution in [-0.2, 0) is 0 Å². The van der Waals surface area contributed by atoms with Crippen LogP contribution in [0, 0.1) is 6.92 Å². The van der Waals surface area contributed by atoms with Crippen LogP contribution in [0.2, 0.25) is 0 Å². The van der Waals surface area contributed by atoms with E-state index in [4.69, 9.17) is 15.2 Å². The second-order valence-corrected chi connectivity index (χ2v) is 4.57. The zero-order valence-corrected chi connectivity index (χ0v) is 10.4. The normalized spacial score (nSPS) is 15.5. The fourth-order valence-electron chi connectivity index (χ4n) is 1.75. The average molecular weight is 272 g/mol. The van der Waals surface area contributed by atoms with E-state index in [0.29, 0.717) is 19.3 Å². The molecule has 0 fully saturated rings. The fourth-order valence-corrected chi connectivity index (χ4v) is 2.29. The Morgan fingerprint density at radius 2 is 2.27 bits per heavy atom. The molecule has 1 aromatic carbocycles. The topological polar surface area (TPSA) is 44.5 Å². The van der Waals surface area contributed by atoms with Gasteiger partial charge in [0.15, 0.2) is 11.5 Å². The number of hydrogen-bond donors (Lipinski definition) is 1. The summed E-state index contributed by atoms with van der Waals surface area (Å²) in [6.45, 7) is 5.10. The van der Waals surface area contributed by atoms with Gasteiger partial charge in [-0.25, -0.2) is 0 Å². The van der Waals surface area contributed by atoms with Crippen LogP contribution in [0.3, 0.4) is 0 Å². The van der Waals surface area contributed by atoms with Crippen molar-refractivity contribution >= 4 is 15.9 Å². The molecule has 0 spiro atoms. The molecule has 1 heterocycles. The number of fused-ring (bicyclic) bond motifs is 1. The van der Waals surface area contributed by atoms with Crippen LogP contribution in [0.5, 0.6) is 11.5 Å². The van der Waals surface area contributed by atoms with Crippen LogP contribution >= 0.6 is 15.9 Å². The Bertz CT molecular complexity index is 393. The van der Waals surface area contributed by atoms with E-state index in [1.807, 2.05) is 6.07 Å². The molecular weight excluding hydrogens is 258 g/mol. The smallest absolute Gasteiger partial charge is 0.231 e. The molecule has 0 saturated carbocycles. The van der Waals surface area contributed by atoms with E-state index >= 15 is 0 Å². The number of halogens is 1. The van der Waals surface area contributed by atoms with Crippen molar-refractivity contribution in [1.29, 1.82) is 0 Å². The Morgan fingerprint density at radius 3 is 2.93 bits per heavy atom. The van der Waals surface area contributed by atoms with Crippen LogP contribution in [0.1, 0.15) is 24.0 Å². The van der Waals surface area contributed by atoms with Crippen molar-refractivity contribution in [3.05, 3.63) is 21.7 Å². The molecule has 2 N–H and O–H groups in total. The van der Waals surface area contributed by atoms with Gasteiger partial charge in [0, 0.05) is 0 Å². The quantitative estimate of drug-likeness (QED) is 0.899. The Kier molecular flexibility index (Phi) is 2.89. The standard InChI is InChI=1S/C11H14BrNO2/c1-6(4-13)8-3-9-11(15-5-14-9)10(12)7(8)2/h3,6H,4-5,13H2,1-2H3. The first-order valence-corrected chi connectivity index (χ1v) is 5.73. The second kappa shape index (κ2) is 4.02. The Hall–Kier alpha value is -0.740. The van der Waals surface area contributed by atoms with Gasteiger partial charge in [0.2, 0.25) is 6.79 Å². The highest BCUT2D eigenvalue weighted by atomic mass is 79.9. The molecule has 1 atom stereocenters. The molecule has 0 bridgehead atoms. The van der Waals surface area contributed by atoms with Gasteiger partial charge in [-0.05, 0) is 52.5 Å². The largest absolute Gasteiger partial charge is 0.454 e. The fraction of sp³-hybridized carbons (Fsp3) is 0.455. The third kappa shape index (κ3) is 1.72. The molecule has 3 nitrogen and oxygen atoms in total. The van der Waals surface area contributed by atoms with Crippen molar-refractivity contribution in [2.75, 3.05) is 13.3 Å². The lowest BCUT2D eigenvalue weighted by molar-refractivity contribution is 0.173. The third-order valence-corrected chi connectivity index (χ3v) is 3.73. The van der Waals surface area contributed by atoms with Crippen molar-refractivity contribution in [1.82, 2.24) is 0 Å². The van der Waals surface area contributed by atoms with E-state index in [2.05, 4.69) is 29.8 Å². The summed E-state index contributed by atoms with van der Waals surface area (Å²) in [5.41, 5.74) is 8.08. The molecule has 0 amide bonds. The molecule has 1 unspecified atom stereocenters. The van der Waals surface area contributed by atoms with Gasteiger partial charge in [0.05, 0.1) is 4.47 Å². The lowest BCUT2D eigenvalue weighted by Gasteiger charge is -2.15. The molecular formula is C11H14BrNO2. The van der Waals surface area contributed by atoms with Crippen LogP contribution in [-0.4, -0.2) is 13.3 Å². The summed E-state index contributed by atoms with van der Waals surface area (Å²) in [6.07, 6.45) is 0. The van der Waals surface area contributed by atoms with Crippen LogP contribution in [0.25, 0.3) is 0 Å². The van der Waals surface area contributed by atoms with Gasteiger partial charge in [0.25, 0.3) is 0 Å². The van der Waals surface area contributed by atoms with Gasteiger partial charge >= 0.3 is 0 Å². The summed E-state index contributed by atoms with van der Waals surface area (Å²) in [5, 5.41) is 0. The molecule has 1 aromatic rings. The predicted octanol–water partition coefficient (Wildman–Crippen LogP) is 2.55. The second-order valence-electron chi connectivity index (χ2n) is 3.78. The number of hydrogen-bond acceptors (Lipinski definition) is 3. The van der Waals surface area contributed by atoms with Gasteiger partial charge in [-0.2, -0.15) is 0 Å². The van der Waals surface area contributed by atoms with Gasteiger partial charge in [-0.15, -0.1) is 0 Å². The summed E-state index contributed by atoms with van der Waals surface area (Å²) in [4.78, 5) is 0. The summed E-state index contributed by atoms with van der Waals surface area (Å²) in [5.74, 6) is 1.94. The van der Waals surface area contributed by atoms with Gasteiger partial charge in [0.1, 0.15) is 0 Å². The first-order chi connectivity index (χ1) is 7.15. The maximum Gasteiger partial charge on any atom is 0.231 e. The van der Waals surface area contributed by atoms with E-state index in [-0.39, 0.29) is 0 Å². The first-order valence-electron chi connectivity index (χ1n) is 4.93. The van der Waals surface area contributed by atoms with E-state index in [9.17, 15) is 0 Å². The highest BCUT2D eigenvalue weighted by Crippen LogP contribution is 2.44. The van der Waals surface area contributed by atoms with Gasteiger partial charge < -0.3 is 15.2 Å². The number of nitrogens with two attached hydrogens (primary N) is 1. The number of benzene rings is 1. The van der Waals surface area contributed by atoms with E-state index < -0.39 is 0 Å². The van der Waals surface area contributed by atoms with E-state index in [1.165, 1.54) is 11.1 Å². The lowest BCUT2D eigenvalue weighted by atomic mass is 9.96. The highest BCUT2D eigenvalue weighted by Gasteiger charge is 2.22. The molecule has 1 aliphatic rings. The molecule has 2 rings (SSSR count). The zero-order valence-electron chi connectivity index (χ0n) is 8.84. The van der Waals surface area contributed by atoms with Crippen molar-refractivity contribution < 1.29 is 9.47 Å². The Balaban J connectivity index is 2.54. The summed E-state index contributed by atoms with van der Waals surface area (Å²) in [7, 11) is 0. The molecule has 1 aliphatic heterocycles. The van der Waals surface area contributed by atoms with Gasteiger partial charge in [-0.3, -0.25) is 0 Å². The summed E-state index contributed by atoms with van der Waals surface area (Å²) >= 11 is 3.53. The Morgan fingerprint density at radius 1 is 1.53 bits per heavy atom. The van der Waals surface area contributed by atoms with Crippen molar-refractivity contribution in [3.8, 4) is 11.5 Å². The van der Waals surface area contributed by atoms with Crippen LogP contribution < -0.4 is 15.2 Å². The molecule has 15 heavy (non-hydrogen) atoms. The van der Waals surface area contributed by atoms with E-state index in [1.54, 1.807) is 0 Å². The van der Waals surface area contributed by atoms with Crippen molar-refractivity contribution in [2.45, 2.75) is 19.8 Å². The average Bonchev–Trinajstić information content (AvgIpc) is 2.70. The summed E-state index contributed by atoms with van der Waals surface area (Å²) in [6, 6.07) is 2.03. The highest BCUT2D eigenvalue weighted by molar-refractivity contribution is 9.10. The minimum Gasteiger partial charge on any atom is -0.454 e. The molecule has 0 aliphatic carbocycles. The zero-order chi connectivity index (χ0) is 11.0. The van der Waals surface area contributed by atoms with Crippen molar-refractivity contribution in [3.63, 3.8) is 0 Å². The monoisotopic (exact) mass is 271 g/mol. The molecule has 82 valence electrons.